The van der Waals surface area contributed by atoms with Crippen molar-refractivity contribution >= 4 is 17.4 Å². The lowest BCUT2D eigenvalue weighted by molar-refractivity contribution is -0.116. The van der Waals surface area contributed by atoms with Crippen LogP contribution in [-0.2, 0) is 4.79 Å². The highest BCUT2D eigenvalue weighted by Crippen LogP contribution is 2.26. The van der Waals surface area contributed by atoms with Gasteiger partial charge in [-0.3, -0.25) is 9.59 Å². The van der Waals surface area contributed by atoms with Gasteiger partial charge in [-0.1, -0.05) is 13.8 Å². The molecule has 2 aromatic rings. The molecular weight excluding hydrogens is 366 g/mol. The second kappa shape index (κ2) is 8.66. The molecular formula is C19H17F4NO3. The van der Waals surface area contributed by atoms with E-state index < -0.39 is 41.4 Å². The maximum atomic E-state index is 13.5. The van der Waals surface area contributed by atoms with E-state index in [1.165, 1.54) is 24.3 Å². The summed E-state index contributed by atoms with van der Waals surface area (Å²) in [6.45, 7) is 2.98. The van der Waals surface area contributed by atoms with Crippen LogP contribution in [0.15, 0.2) is 30.3 Å². The van der Waals surface area contributed by atoms with Crippen LogP contribution in [0.3, 0.4) is 0 Å². The number of hydrogen-bond acceptors (Lipinski definition) is 3. The summed E-state index contributed by atoms with van der Waals surface area (Å²) in [5, 5.41) is 2.66. The zero-order valence-corrected chi connectivity index (χ0v) is 14.6. The third kappa shape index (κ3) is 5.29. The van der Waals surface area contributed by atoms with Crippen molar-refractivity contribution in [2.75, 3.05) is 11.9 Å². The lowest BCUT2D eigenvalue weighted by atomic mass is 10.1. The molecule has 0 radical (unpaired) electrons. The topological polar surface area (TPSA) is 55.4 Å². The van der Waals surface area contributed by atoms with Crippen LogP contribution in [0.2, 0.25) is 0 Å². The molecule has 0 saturated carbocycles. The van der Waals surface area contributed by atoms with Gasteiger partial charge in [-0.25, -0.2) is 8.78 Å². The van der Waals surface area contributed by atoms with Gasteiger partial charge in [-0.2, -0.15) is 8.78 Å². The van der Waals surface area contributed by atoms with Crippen LogP contribution < -0.4 is 10.1 Å². The van der Waals surface area contributed by atoms with Crippen LogP contribution in [0, 0.1) is 29.2 Å². The molecule has 0 spiro atoms. The fraction of sp³-hybridized carbons (Fsp3) is 0.263. The van der Waals surface area contributed by atoms with Crippen LogP contribution in [0.1, 0.15) is 30.6 Å². The Bertz CT molecular complexity index is 825. The highest BCUT2D eigenvalue weighted by molar-refractivity contribution is 5.98. The number of halogens is 4. The third-order valence-corrected chi connectivity index (χ3v) is 3.50. The lowest BCUT2D eigenvalue weighted by Crippen LogP contribution is -2.15. The van der Waals surface area contributed by atoms with Gasteiger partial charge in [0, 0.05) is 23.7 Å². The van der Waals surface area contributed by atoms with Gasteiger partial charge in [0.15, 0.2) is 29.8 Å². The molecule has 0 unspecified atom stereocenters. The van der Waals surface area contributed by atoms with E-state index in [4.69, 9.17) is 0 Å². The molecule has 4 nitrogen and oxygen atoms in total. The van der Waals surface area contributed by atoms with Crippen molar-refractivity contribution in [2.24, 2.45) is 5.92 Å². The monoisotopic (exact) mass is 383 g/mol. The van der Waals surface area contributed by atoms with Gasteiger partial charge >= 0.3 is 0 Å². The van der Waals surface area contributed by atoms with Crippen molar-refractivity contribution in [3.05, 3.63) is 59.2 Å². The number of carbonyl (C=O) groups is 2. The number of ketones is 1. The smallest absolute Gasteiger partial charge is 0.224 e. The molecule has 0 atom stereocenters. The Hall–Kier alpha value is -2.90. The van der Waals surface area contributed by atoms with Crippen molar-refractivity contribution in [3.63, 3.8) is 0 Å². The number of Topliss-reactive ketones (excluding diaryl/α,β-unsaturated/α-hetero) is 1. The number of carbonyl (C=O) groups excluding carboxylic acids is 2. The average molecular weight is 383 g/mol. The molecule has 1 amide bonds. The first-order valence-corrected chi connectivity index (χ1v) is 8.08. The van der Waals surface area contributed by atoms with Gasteiger partial charge in [0.2, 0.25) is 17.5 Å². The number of anilines is 1. The summed E-state index contributed by atoms with van der Waals surface area (Å²) >= 11 is 0. The van der Waals surface area contributed by atoms with Crippen LogP contribution in [-0.4, -0.2) is 18.3 Å². The Morgan fingerprint density at radius 2 is 1.56 bits per heavy atom. The normalized spacial score (nSPS) is 10.8. The lowest BCUT2D eigenvalue weighted by Gasteiger charge is -2.10. The summed E-state index contributed by atoms with van der Waals surface area (Å²) in [4.78, 5) is 23.7. The largest absolute Gasteiger partial charge is 0.479 e. The predicted molar refractivity (Wildman–Crippen MR) is 90.6 cm³/mol. The molecule has 0 aliphatic heterocycles. The van der Waals surface area contributed by atoms with Gasteiger partial charge in [0.05, 0.1) is 0 Å². The Kier molecular flexibility index (Phi) is 6.55. The summed E-state index contributed by atoms with van der Waals surface area (Å²) in [5.74, 6) is -8.63. The number of benzene rings is 2. The first kappa shape index (κ1) is 20.4. The Labute approximate surface area is 153 Å². The molecule has 27 heavy (non-hydrogen) atoms. The van der Waals surface area contributed by atoms with Crippen molar-refractivity contribution in [2.45, 2.75) is 20.3 Å². The third-order valence-electron chi connectivity index (χ3n) is 3.50. The van der Waals surface area contributed by atoms with Crippen LogP contribution >= 0.6 is 0 Å². The second-order valence-electron chi connectivity index (χ2n) is 6.23. The quantitative estimate of drug-likeness (QED) is 0.435. The fourth-order valence-corrected chi connectivity index (χ4v) is 2.22. The standard InChI is InChI=1S/C19H17F4NO3/c1-10(2)7-16(26)24-12-5-3-11(4-6-12)15(25)9-27-19-17(22)13(20)8-14(21)18(19)23/h3-6,8,10H,7,9H2,1-2H3,(H,24,26). The first-order valence-electron chi connectivity index (χ1n) is 8.08. The van der Waals surface area contributed by atoms with Gasteiger partial charge in [0.1, 0.15) is 0 Å². The van der Waals surface area contributed by atoms with E-state index >= 15 is 0 Å². The molecule has 0 saturated heterocycles. The molecule has 0 fully saturated rings. The zero-order valence-electron chi connectivity index (χ0n) is 14.6. The van der Waals surface area contributed by atoms with E-state index in [0.29, 0.717) is 12.1 Å². The number of ether oxygens (including phenoxy) is 1. The zero-order chi connectivity index (χ0) is 20.1. The van der Waals surface area contributed by atoms with Crippen molar-refractivity contribution in [1.29, 1.82) is 0 Å². The molecule has 0 aliphatic carbocycles. The Balaban J connectivity index is 2.02. The molecule has 144 valence electrons. The number of nitrogens with one attached hydrogen (secondary N) is 1. The maximum Gasteiger partial charge on any atom is 0.224 e. The molecule has 0 bridgehead atoms. The highest BCUT2D eigenvalue weighted by Gasteiger charge is 2.21. The molecule has 0 aromatic heterocycles. The summed E-state index contributed by atoms with van der Waals surface area (Å²) in [5.41, 5.74) is 0.608. The van der Waals surface area contributed by atoms with E-state index in [9.17, 15) is 27.2 Å². The van der Waals surface area contributed by atoms with Crippen molar-refractivity contribution in [1.82, 2.24) is 0 Å². The first-order chi connectivity index (χ1) is 12.7. The van der Waals surface area contributed by atoms with E-state index in [-0.39, 0.29) is 23.5 Å². The molecule has 2 aromatic carbocycles. The summed E-state index contributed by atoms with van der Waals surface area (Å²) in [7, 11) is 0. The van der Waals surface area contributed by atoms with E-state index in [1.807, 2.05) is 13.8 Å². The molecule has 0 aliphatic rings. The van der Waals surface area contributed by atoms with Gasteiger partial charge in [-0.15, -0.1) is 0 Å². The van der Waals surface area contributed by atoms with Crippen LogP contribution in [0.5, 0.6) is 5.75 Å². The van der Waals surface area contributed by atoms with E-state index in [1.54, 1.807) is 0 Å². The van der Waals surface area contributed by atoms with Crippen LogP contribution in [0.4, 0.5) is 23.2 Å². The Morgan fingerprint density at radius 1 is 1.00 bits per heavy atom. The van der Waals surface area contributed by atoms with Crippen molar-refractivity contribution in [3.8, 4) is 5.75 Å². The molecule has 8 heteroatoms. The summed E-state index contributed by atoms with van der Waals surface area (Å²) < 4.78 is 57.9. The van der Waals surface area contributed by atoms with Gasteiger partial charge in [0.25, 0.3) is 0 Å². The summed E-state index contributed by atoms with van der Waals surface area (Å²) in [6.07, 6.45) is 0.343. The van der Waals surface area contributed by atoms with Gasteiger partial charge < -0.3 is 10.1 Å². The summed E-state index contributed by atoms with van der Waals surface area (Å²) in [6, 6.07) is 5.78. The predicted octanol–water partition coefficient (Wildman–Crippen LogP) is 4.49. The van der Waals surface area contributed by atoms with E-state index in [2.05, 4.69) is 10.1 Å². The van der Waals surface area contributed by atoms with Gasteiger partial charge in [-0.05, 0) is 30.2 Å². The van der Waals surface area contributed by atoms with Crippen LogP contribution in [0.25, 0.3) is 0 Å². The highest BCUT2D eigenvalue weighted by atomic mass is 19.2. The molecule has 2 rings (SSSR count). The number of rotatable bonds is 7. The maximum absolute atomic E-state index is 13.5. The SMILES string of the molecule is CC(C)CC(=O)Nc1ccc(C(=O)COc2c(F)c(F)cc(F)c2F)cc1. The second-order valence-corrected chi connectivity index (χ2v) is 6.23. The van der Waals surface area contributed by atoms with Crippen molar-refractivity contribution < 1.29 is 31.9 Å². The van der Waals surface area contributed by atoms with E-state index in [0.717, 1.165) is 0 Å². The minimum absolute atomic E-state index is 0.0473. The fourth-order valence-electron chi connectivity index (χ4n) is 2.22. The average Bonchev–Trinajstić information content (AvgIpc) is 2.59. The number of hydrogen-bond donors (Lipinski definition) is 1. The Morgan fingerprint density at radius 3 is 2.07 bits per heavy atom. The number of amides is 1. The molecule has 0 heterocycles. The minimum atomic E-state index is -1.72. The molecule has 1 N–H and O–H groups in total. The minimum Gasteiger partial charge on any atom is -0.479 e.